The maximum absolute atomic E-state index is 4.51. The Hall–Kier alpha value is -0.350. The van der Waals surface area contributed by atoms with Gasteiger partial charge in [-0.2, -0.15) is 5.10 Å². The molecule has 0 aromatic carbocycles. The van der Waals surface area contributed by atoms with Crippen molar-refractivity contribution in [2.45, 2.75) is 48.0 Å². The fourth-order valence-electron chi connectivity index (χ4n) is 2.37. The monoisotopic (exact) mass is 343 g/mol. The zero-order chi connectivity index (χ0) is 15.5. The Labute approximate surface area is 132 Å². The minimum atomic E-state index is 0.234. The molecule has 0 saturated carbocycles. The molecule has 1 aromatic rings. The number of hydrogen-bond acceptors (Lipinski definition) is 2. The van der Waals surface area contributed by atoms with E-state index >= 15 is 0 Å². The first-order valence-corrected chi connectivity index (χ1v) is 8.35. The Bertz CT molecular complexity index is 437. The highest BCUT2D eigenvalue weighted by Gasteiger charge is 2.31. The van der Waals surface area contributed by atoms with Crippen molar-refractivity contribution in [1.29, 1.82) is 0 Å². The minimum Gasteiger partial charge on any atom is -0.316 e. The molecule has 0 aliphatic heterocycles. The van der Waals surface area contributed by atoms with E-state index in [-0.39, 0.29) is 5.41 Å². The average molecular weight is 344 g/mol. The summed E-state index contributed by atoms with van der Waals surface area (Å²) in [5.74, 6) is 1.31. The van der Waals surface area contributed by atoms with E-state index in [4.69, 9.17) is 0 Å². The van der Waals surface area contributed by atoms with Crippen LogP contribution in [-0.4, -0.2) is 22.9 Å². The van der Waals surface area contributed by atoms with Gasteiger partial charge in [0, 0.05) is 13.6 Å². The second kappa shape index (κ2) is 7.08. The van der Waals surface area contributed by atoms with E-state index in [1.807, 2.05) is 11.7 Å². The molecule has 0 saturated heterocycles. The zero-order valence-electron chi connectivity index (χ0n) is 14.0. The second-order valence-electron chi connectivity index (χ2n) is 6.98. The smallest absolute Gasteiger partial charge is 0.0738 e. The molecule has 3 nitrogen and oxygen atoms in total. The molecule has 20 heavy (non-hydrogen) atoms. The van der Waals surface area contributed by atoms with Gasteiger partial charge in [0.25, 0.3) is 0 Å². The van der Waals surface area contributed by atoms with Crippen LogP contribution in [0.25, 0.3) is 0 Å². The molecular formula is C16H30BrN3. The summed E-state index contributed by atoms with van der Waals surface area (Å²) in [6.45, 7) is 15.7. The van der Waals surface area contributed by atoms with Crippen molar-refractivity contribution < 1.29 is 0 Å². The molecule has 0 spiro atoms. The van der Waals surface area contributed by atoms with Crippen LogP contribution in [0.5, 0.6) is 0 Å². The molecule has 0 fully saturated rings. The Morgan fingerprint density at radius 1 is 1.30 bits per heavy atom. The largest absolute Gasteiger partial charge is 0.316 e. The summed E-state index contributed by atoms with van der Waals surface area (Å²) >= 11 is 3.69. The third kappa shape index (κ3) is 4.32. The molecule has 0 amide bonds. The van der Waals surface area contributed by atoms with Crippen LogP contribution in [0.15, 0.2) is 4.47 Å². The average Bonchev–Trinajstić information content (AvgIpc) is 2.55. The van der Waals surface area contributed by atoms with Gasteiger partial charge in [0.2, 0.25) is 0 Å². The Morgan fingerprint density at radius 2 is 1.90 bits per heavy atom. The summed E-state index contributed by atoms with van der Waals surface area (Å²) in [4.78, 5) is 0. The van der Waals surface area contributed by atoms with E-state index in [2.05, 4.69) is 67.9 Å². The van der Waals surface area contributed by atoms with Crippen molar-refractivity contribution in [3.8, 4) is 0 Å². The van der Waals surface area contributed by atoms with E-state index < -0.39 is 0 Å². The van der Waals surface area contributed by atoms with Gasteiger partial charge in [-0.25, -0.2) is 0 Å². The number of halogens is 1. The lowest BCUT2D eigenvalue weighted by Crippen LogP contribution is -2.39. The molecule has 0 aliphatic carbocycles. The molecule has 0 bridgehead atoms. The molecule has 1 N–H and O–H groups in total. The summed E-state index contributed by atoms with van der Waals surface area (Å²) in [6, 6.07) is 0. The van der Waals surface area contributed by atoms with E-state index in [1.165, 1.54) is 5.69 Å². The van der Waals surface area contributed by atoms with Gasteiger partial charge in [-0.3, -0.25) is 4.68 Å². The topological polar surface area (TPSA) is 29.9 Å². The van der Waals surface area contributed by atoms with Crippen LogP contribution < -0.4 is 5.32 Å². The van der Waals surface area contributed by atoms with E-state index in [0.29, 0.717) is 11.8 Å². The summed E-state index contributed by atoms with van der Waals surface area (Å²) in [5.41, 5.74) is 2.60. The first-order valence-electron chi connectivity index (χ1n) is 7.56. The van der Waals surface area contributed by atoms with Gasteiger partial charge in [-0.15, -0.1) is 0 Å². The molecule has 1 atom stereocenters. The zero-order valence-corrected chi connectivity index (χ0v) is 15.6. The quantitative estimate of drug-likeness (QED) is 0.812. The second-order valence-corrected chi connectivity index (χ2v) is 7.77. The highest BCUT2D eigenvalue weighted by Crippen LogP contribution is 2.34. The molecule has 0 radical (unpaired) electrons. The molecule has 4 heteroatoms. The van der Waals surface area contributed by atoms with Crippen LogP contribution in [-0.2, 0) is 13.5 Å². The van der Waals surface area contributed by atoms with Gasteiger partial charge >= 0.3 is 0 Å². The van der Waals surface area contributed by atoms with E-state index in [0.717, 1.165) is 29.7 Å². The summed E-state index contributed by atoms with van der Waals surface area (Å²) in [7, 11) is 2.04. The van der Waals surface area contributed by atoms with Gasteiger partial charge in [0.15, 0.2) is 0 Å². The number of aromatic nitrogens is 2. The fraction of sp³-hybridized carbons (Fsp3) is 0.812. The number of hydrogen-bond donors (Lipinski definition) is 1. The maximum Gasteiger partial charge on any atom is 0.0738 e. The Balaban J connectivity index is 2.85. The minimum absolute atomic E-state index is 0.234. The van der Waals surface area contributed by atoms with Crippen molar-refractivity contribution in [3.05, 3.63) is 15.9 Å². The maximum atomic E-state index is 4.51. The molecule has 0 aliphatic rings. The lowest BCUT2D eigenvalue weighted by Gasteiger charge is -2.34. The third-order valence-electron chi connectivity index (χ3n) is 4.31. The van der Waals surface area contributed by atoms with Crippen LogP contribution in [0.1, 0.15) is 46.0 Å². The lowest BCUT2D eigenvalue weighted by molar-refractivity contribution is 0.200. The van der Waals surface area contributed by atoms with Crippen LogP contribution >= 0.6 is 15.9 Å². The van der Waals surface area contributed by atoms with Crippen molar-refractivity contribution in [2.75, 3.05) is 13.1 Å². The highest BCUT2D eigenvalue weighted by molar-refractivity contribution is 9.10. The summed E-state index contributed by atoms with van der Waals surface area (Å²) in [6.07, 6.45) is 1.04. The van der Waals surface area contributed by atoms with Crippen molar-refractivity contribution >= 4 is 15.9 Å². The first-order chi connectivity index (χ1) is 9.17. The first kappa shape index (κ1) is 17.7. The Kier molecular flexibility index (Phi) is 6.26. The number of aryl methyl sites for hydroxylation is 2. The van der Waals surface area contributed by atoms with Crippen LogP contribution in [0.3, 0.4) is 0 Å². The third-order valence-corrected chi connectivity index (χ3v) is 5.34. The standard InChI is InChI=1S/C16H30BrN3/c1-11(2)9-18-10-16(6,12(3)4)8-14-15(17)13(5)19-20(14)7/h11-12,18H,8-10H2,1-7H3. The molecule has 1 rings (SSSR count). The van der Waals surface area contributed by atoms with Crippen molar-refractivity contribution in [1.82, 2.24) is 15.1 Å². The van der Waals surface area contributed by atoms with Crippen LogP contribution in [0, 0.1) is 24.2 Å². The van der Waals surface area contributed by atoms with E-state index in [1.54, 1.807) is 0 Å². The van der Waals surface area contributed by atoms with Gasteiger partial charge in [-0.05, 0) is 53.1 Å². The highest BCUT2D eigenvalue weighted by atomic mass is 79.9. The number of nitrogens with zero attached hydrogens (tertiary/aromatic N) is 2. The van der Waals surface area contributed by atoms with Gasteiger partial charge in [0.1, 0.15) is 0 Å². The van der Waals surface area contributed by atoms with Gasteiger partial charge in [-0.1, -0.05) is 34.6 Å². The fourth-order valence-corrected chi connectivity index (χ4v) is 2.85. The van der Waals surface area contributed by atoms with Crippen molar-refractivity contribution in [2.24, 2.45) is 24.3 Å². The van der Waals surface area contributed by atoms with Crippen LogP contribution in [0.2, 0.25) is 0 Å². The van der Waals surface area contributed by atoms with Crippen molar-refractivity contribution in [3.63, 3.8) is 0 Å². The predicted octanol–water partition coefficient (Wildman–Crippen LogP) is 3.94. The van der Waals surface area contributed by atoms with Gasteiger partial charge in [0.05, 0.1) is 15.9 Å². The number of rotatable bonds is 7. The molecular weight excluding hydrogens is 314 g/mol. The summed E-state index contributed by atoms with van der Waals surface area (Å²) in [5, 5.41) is 8.14. The molecule has 116 valence electrons. The number of nitrogens with one attached hydrogen (secondary N) is 1. The van der Waals surface area contributed by atoms with E-state index in [9.17, 15) is 0 Å². The summed E-state index contributed by atoms with van der Waals surface area (Å²) < 4.78 is 3.18. The van der Waals surface area contributed by atoms with Gasteiger partial charge < -0.3 is 5.32 Å². The Morgan fingerprint density at radius 3 is 2.30 bits per heavy atom. The molecule has 1 aromatic heterocycles. The lowest BCUT2D eigenvalue weighted by atomic mass is 9.75. The SMILES string of the molecule is Cc1nn(C)c(CC(C)(CNCC(C)C)C(C)C)c1Br. The molecule has 1 heterocycles. The normalized spacial score (nSPS) is 15.1. The molecule has 1 unspecified atom stereocenters. The predicted molar refractivity (Wildman–Crippen MR) is 90.0 cm³/mol. The van der Waals surface area contributed by atoms with Crippen LogP contribution in [0.4, 0.5) is 0 Å².